The van der Waals surface area contributed by atoms with E-state index in [1.165, 1.54) is 0 Å². The van der Waals surface area contributed by atoms with Crippen LogP contribution in [-0.2, 0) is 0 Å². The summed E-state index contributed by atoms with van der Waals surface area (Å²) in [5, 5.41) is 1.07. The molecule has 0 aliphatic carbocycles. The van der Waals surface area contributed by atoms with Gasteiger partial charge in [0.05, 0.1) is 16.9 Å². The van der Waals surface area contributed by atoms with Crippen LogP contribution in [0.1, 0.15) is 0 Å². The second kappa shape index (κ2) is 13.6. The van der Waals surface area contributed by atoms with E-state index >= 15 is 0 Å². The predicted octanol–water partition coefficient (Wildman–Crippen LogP) is 10.9. The topological polar surface area (TPSA) is 77.3 Å². The standard InChI is InChI=1S/C46H30N6/c1-4-13-32(14-5-1)43-48-41(29-42(49-43)39-28-37-19-10-11-22-40(37)47-30-39)38-21-12-20-36(27-38)31-23-25-35(26-24-31)46-51-44(33-15-6-2-7-16-33)50-45(52-46)34-17-8-3-9-18-34/h1-30H. The smallest absolute Gasteiger partial charge is 0.164 e. The van der Waals surface area contributed by atoms with Crippen LogP contribution in [0.15, 0.2) is 182 Å². The van der Waals surface area contributed by atoms with Crippen molar-refractivity contribution in [2.45, 2.75) is 0 Å². The van der Waals surface area contributed by atoms with E-state index in [4.69, 9.17) is 29.9 Å². The maximum Gasteiger partial charge on any atom is 0.164 e. The fourth-order valence-electron chi connectivity index (χ4n) is 6.28. The van der Waals surface area contributed by atoms with Crippen molar-refractivity contribution in [2.75, 3.05) is 0 Å². The molecular weight excluding hydrogens is 637 g/mol. The van der Waals surface area contributed by atoms with Gasteiger partial charge >= 0.3 is 0 Å². The number of rotatable bonds is 7. The van der Waals surface area contributed by atoms with Gasteiger partial charge in [-0.1, -0.05) is 152 Å². The Labute approximate surface area is 301 Å². The lowest BCUT2D eigenvalue weighted by molar-refractivity contribution is 1.07. The van der Waals surface area contributed by atoms with Crippen molar-refractivity contribution >= 4 is 10.9 Å². The summed E-state index contributed by atoms with van der Waals surface area (Å²) < 4.78 is 0. The summed E-state index contributed by atoms with van der Waals surface area (Å²) in [5.74, 6) is 2.57. The van der Waals surface area contributed by atoms with Crippen LogP contribution >= 0.6 is 0 Å². The molecule has 3 aromatic heterocycles. The first-order chi connectivity index (χ1) is 25.7. The third-order valence-corrected chi connectivity index (χ3v) is 8.98. The zero-order valence-electron chi connectivity index (χ0n) is 28.0. The number of benzene rings is 6. The average Bonchev–Trinajstić information content (AvgIpc) is 3.24. The summed E-state index contributed by atoms with van der Waals surface area (Å²) in [5.41, 5.74) is 10.4. The van der Waals surface area contributed by atoms with Crippen molar-refractivity contribution in [3.05, 3.63) is 182 Å². The van der Waals surface area contributed by atoms with E-state index in [1.54, 1.807) is 0 Å². The van der Waals surface area contributed by atoms with E-state index < -0.39 is 0 Å². The van der Waals surface area contributed by atoms with Crippen molar-refractivity contribution in [1.82, 2.24) is 29.9 Å². The first-order valence-electron chi connectivity index (χ1n) is 17.1. The number of aromatic nitrogens is 6. The minimum absolute atomic E-state index is 0.623. The third-order valence-electron chi connectivity index (χ3n) is 8.98. The van der Waals surface area contributed by atoms with Crippen LogP contribution in [0.5, 0.6) is 0 Å². The van der Waals surface area contributed by atoms with Crippen molar-refractivity contribution < 1.29 is 0 Å². The van der Waals surface area contributed by atoms with E-state index in [1.807, 2.05) is 115 Å². The Morgan fingerprint density at radius 3 is 1.31 bits per heavy atom. The van der Waals surface area contributed by atoms with Gasteiger partial charge in [0.1, 0.15) is 0 Å². The van der Waals surface area contributed by atoms with Gasteiger partial charge in [0.25, 0.3) is 0 Å². The Kier molecular flexibility index (Phi) is 8.08. The van der Waals surface area contributed by atoms with Gasteiger partial charge in [0, 0.05) is 45.0 Å². The molecule has 0 N–H and O–H groups in total. The Morgan fingerprint density at radius 2 is 0.712 bits per heavy atom. The molecule has 244 valence electrons. The van der Waals surface area contributed by atoms with Crippen LogP contribution in [0.4, 0.5) is 0 Å². The number of fused-ring (bicyclic) bond motifs is 1. The highest BCUT2D eigenvalue weighted by Crippen LogP contribution is 2.32. The number of hydrogen-bond donors (Lipinski definition) is 0. The molecule has 9 rings (SSSR count). The zero-order valence-corrected chi connectivity index (χ0v) is 28.0. The lowest BCUT2D eigenvalue weighted by Gasteiger charge is -2.11. The highest BCUT2D eigenvalue weighted by Gasteiger charge is 2.14. The van der Waals surface area contributed by atoms with E-state index in [0.29, 0.717) is 23.3 Å². The minimum Gasteiger partial charge on any atom is -0.256 e. The molecule has 0 atom stereocenters. The molecular formula is C46H30N6. The molecule has 0 saturated carbocycles. The van der Waals surface area contributed by atoms with E-state index in [-0.39, 0.29) is 0 Å². The highest BCUT2D eigenvalue weighted by atomic mass is 15.0. The van der Waals surface area contributed by atoms with Crippen LogP contribution in [0.2, 0.25) is 0 Å². The summed E-state index contributed by atoms with van der Waals surface area (Å²) in [4.78, 5) is 29.4. The van der Waals surface area contributed by atoms with Gasteiger partial charge in [-0.3, -0.25) is 4.98 Å². The number of nitrogens with zero attached hydrogens (tertiary/aromatic N) is 6. The average molecular weight is 667 g/mol. The fraction of sp³-hybridized carbons (Fsp3) is 0. The minimum atomic E-state index is 0.623. The molecule has 0 radical (unpaired) electrons. The summed E-state index contributed by atoms with van der Waals surface area (Å²) in [6.07, 6.45) is 1.89. The van der Waals surface area contributed by atoms with Crippen LogP contribution in [0.25, 0.3) is 90.1 Å². The molecule has 6 heteroatoms. The molecule has 0 bridgehead atoms. The molecule has 0 spiro atoms. The number of pyridine rings is 1. The van der Waals surface area contributed by atoms with E-state index in [2.05, 4.69) is 66.7 Å². The van der Waals surface area contributed by atoms with Crippen molar-refractivity contribution in [3.63, 3.8) is 0 Å². The van der Waals surface area contributed by atoms with Crippen LogP contribution in [0, 0.1) is 0 Å². The van der Waals surface area contributed by atoms with Gasteiger partial charge in [-0.15, -0.1) is 0 Å². The van der Waals surface area contributed by atoms with Crippen molar-refractivity contribution in [2.24, 2.45) is 0 Å². The Balaban J connectivity index is 1.08. The number of hydrogen-bond acceptors (Lipinski definition) is 6. The van der Waals surface area contributed by atoms with Gasteiger partial charge in [0.2, 0.25) is 0 Å². The van der Waals surface area contributed by atoms with Gasteiger partial charge in [-0.05, 0) is 35.4 Å². The Hall–Kier alpha value is -7.18. The molecule has 52 heavy (non-hydrogen) atoms. The molecule has 3 heterocycles. The molecule has 0 amide bonds. The molecule has 9 aromatic rings. The van der Waals surface area contributed by atoms with Gasteiger partial charge < -0.3 is 0 Å². The summed E-state index contributed by atoms with van der Waals surface area (Å²) >= 11 is 0. The molecule has 6 aromatic carbocycles. The van der Waals surface area contributed by atoms with E-state index in [0.717, 1.165) is 66.8 Å². The molecule has 6 nitrogen and oxygen atoms in total. The Bertz CT molecular complexity index is 2600. The second-order valence-electron chi connectivity index (χ2n) is 12.4. The van der Waals surface area contributed by atoms with Gasteiger partial charge in [0.15, 0.2) is 23.3 Å². The van der Waals surface area contributed by atoms with Crippen LogP contribution in [0.3, 0.4) is 0 Å². The zero-order chi connectivity index (χ0) is 34.7. The molecule has 0 fully saturated rings. The summed E-state index contributed by atoms with van der Waals surface area (Å²) in [6.45, 7) is 0. The SMILES string of the molecule is c1ccc(-c2nc(-c3cccc(-c4ccc(-c5nc(-c6ccccc6)nc(-c6ccccc6)n5)cc4)c3)cc(-c3cnc4ccccc4c3)n2)cc1. The van der Waals surface area contributed by atoms with Gasteiger partial charge in [-0.2, -0.15) is 0 Å². The molecule has 0 unspecified atom stereocenters. The summed E-state index contributed by atoms with van der Waals surface area (Å²) in [6, 6.07) is 59.3. The first-order valence-corrected chi connectivity index (χ1v) is 17.1. The van der Waals surface area contributed by atoms with Crippen molar-refractivity contribution in [3.8, 4) is 79.2 Å². The quantitative estimate of drug-likeness (QED) is 0.168. The molecule has 0 saturated heterocycles. The molecule has 0 aliphatic heterocycles. The normalized spacial score (nSPS) is 11.1. The monoisotopic (exact) mass is 666 g/mol. The first kappa shape index (κ1) is 30.8. The van der Waals surface area contributed by atoms with Crippen LogP contribution < -0.4 is 0 Å². The molecule has 0 aliphatic rings. The largest absolute Gasteiger partial charge is 0.256 e. The third kappa shape index (κ3) is 6.32. The fourth-order valence-corrected chi connectivity index (χ4v) is 6.28. The Morgan fingerprint density at radius 1 is 0.269 bits per heavy atom. The highest BCUT2D eigenvalue weighted by molar-refractivity contribution is 5.84. The number of para-hydroxylation sites is 1. The maximum atomic E-state index is 5.06. The maximum absolute atomic E-state index is 5.06. The van der Waals surface area contributed by atoms with Gasteiger partial charge in [-0.25, -0.2) is 24.9 Å². The van der Waals surface area contributed by atoms with Crippen LogP contribution in [-0.4, -0.2) is 29.9 Å². The lowest BCUT2D eigenvalue weighted by Crippen LogP contribution is -2.00. The second-order valence-corrected chi connectivity index (χ2v) is 12.4. The van der Waals surface area contributed by atoms with Crippen molar-refractivity contribution in [1.29, 1.82) is 0 Å². The summed E-state index contributed by atoms with van der Waals surface area (Å²) in [7, 11) is 0. The van der Waals surface area contributed by atoms with E-state index in [9.17, 15) is 0 Å². The predicted molar refractivity (Wildman–Crippen MR) is 209 cm³/mol. The lowest BCUT2D eigenvalue weighted by atomic mass is 9.99.